The summed E-state index contributed by atoms with van der Waals surface area (Å²) in [6, 6.07) is 11.3. The average Bonchev–Trinajstić information content (AvgIpc) is 3.02. The largest absolute Gasteiger partial charge is 0.317 e. The molecule has 0 radical (unpaired) electrons. The number of halogens is 1. The van der Waals surface area contributed by atoms with Crippen LogP contribution in [0.5, 0.6) is 0 Å². The van der Waals surface area contributed by atoms with Crippen molar-refractivity contribution in [2.75, 3.05) is 18.4 Å². The lowest BCUT2D eigenvalue weighted by atomic mass is 9.98. The van der Waals surface area contributed by atoms with Crippen molar-refractivity contribution in [2.24, 2.45) is 7.05 Å². The van der Waals surface area contributed by atoms with Crippen LogP contribution in [0.15, 0.2) is 36.4 Å². The molecule has 1 aliphatic rings. The molecule has 7 nitrogen and oxygen atoms in total. The Morgan fingerprint density at radius 2 is 1.92 bits per heavy atom. The van der Waals surface area contributed by atoms with Gasteiger partial charge in [0.15, 0.2) is 5.82 Å². The van der Waals surface area contributed by atoms with Gasteiger partial charge in [-0.25, -0.2) is 9.67 Å². The molecule has 136 valence electrons. The van der Waals surface area contributed by atoms with Crippen molar-refractivity contribution < 1.29 is 4.79 Å². The lowest BCUT2D eigenvalue weighted by Gasteiger charge is -2.19. The summed E-state index contributed by atoms with van der Waals surface area (Å²) in [5, 5.41) is 11.6. The topological polar surface area (TPSA) is 84.7 Å². The molecule has 0 spiro atoms. The van der Waals surface area contributed by atoms with Gasteiger partial charge in [0.25, 0.3) is 5.91 Å². The van der Waals surface area contributed by atoms with Crippen LogP contribution in [0.2, 0.25) is 0 Å². The summed E-state index contributed by atoms with van der Waals surface area (Å²) < 4.78 is 1.62. The SMILES string of the molecule is Cl.Cn1nc(C2CCNCC2)nc1NC(=O)c1ccc2ccccc2n1. The maximum atomic E-state index is 12.5. The second-order valence-corrected chi connectivity index (χ2v) is 6.28. The Kier molecular flexibility index (Phi) is 5.49. The van der Waals surface area contributed by atoms with Crippen LogP contribution in [0, 0.1) is 0 Å². The molecule has 4 rings (SSSR count). The number of carbonyl (C=O) groups is 1. The Labute approximate surface area is 157 Å². The third-order valence-electron chi connectivity index (χ3n) is 4.54. The van der Waals surface area contributed by atoms with Crippen molar-refractivity contribution in [1.82, 2.24) is 25.1 Å². The molecule has 1 fully saturated rings. The van der Waals surface area contributed by atoms with Crippen LogP contribution in [0.3, 0.4) is 0 Å². The summed E-state index contributed by atoms with van der Waals surface area (Å²) in [7, 11) is 1.79. The number of pyridine rings is 1. The molecule has 0 aliphatic carbocycles. The van der Waals surface area contributed by atoms with E-state index in [9.17, 15) is 4.79 Å². The second-order valence-electron chi connectivity index (χ2n) is 6.28. The fourth-order valence-corrected chi connectivity index (χ4v) is 3.12. The Morgan fingerprint density at radius 1 is 1.15 bits per heavy atom. The molecule has 3 heterocycles. The minimum absolute atomic E-state index is 0. The van der Waals surface area contributed by atoms with Gasteiger partial charge in [-0.1, -0.05) is 24.3 Å². The van der Waals surface area contributed by atoms with E-state index in [1.165, 1.54) is 0 Å². The maximum absolute atomic E-state index is 12.5. The first-order valence-corrected chi connectivity index (χ1v) is 8.49. The van der Waals surface area contributed by atoms with Crippen molar-refractivity contribution in [3.05, 3.63) is 47.9 Å². The highest BCUT2D eigenvalue weighted by Crippen LogP contribution is 2.23. The van der Waals surface area contributed by atoms with E-state index in [-0.39, 0.29) is 18.3 Å². The van der Waals surface area contributed by atoms with E-state index >= 15 is 0 Å². The molecule has 0 saturated carbocycles. The number of para-hydroxylation sites is 1. The Hall–Kier alpha value is -2.51. The van der Waals surface area contributed by atoms with Gasteiger partial charge in [-0.15, -0.1) is 12.4 Å². The van der Waals surface area contributed by atoms with Crippen molar-refractivity contribution in [2.45, 2.75) is 18.8 Å². The number of piperidine rings is 1. The quantitative estimate of drug-likeness (QED) is 0.737. The minimum atomic E-state index is -0.280. The number of anilines is 1. The molecular weight excluding hydrogens is 352 g/mol. The standard InChI is InChI=1S/C18H20N6O.ClH/c1-24-18(21-16(23-24)13-8-10-19-11-9-13)22-17(25)15-7-6-12-4-2-3-5-14(12)20-15;/h2-7,13,19H,8-11H2,1H3,(H,21,22,23,25);1H. The molecule has 2 aromatic heterocycles. The highest BCUT2D eigenvalue weighted by Gasteiger charge is 2.21. The third kappa shape index (κ3) is 3.68. The molecular formula is C18H21ClN6O. The number of hydrogen-bond donors (Lipinski definition) is 2. The number of amides is 1. The number of aryl methyl sites for hydroxylation is 1. The predicted molar refractivity (Wildman–Crippen MR) is 103 cm³/mol. The fourth-order valence-electron chi connectivity index (χ4n) is 3.12. The minimum Gasteiger partial charge on any atom is -0.317 e. The van der Waals surface area contributed by atoms with Gasteiger partial charge >= 0.3 is 0 Å². The second kappa shape index (κ2) is 7.80. The summed E-state index contributed by atoms with van der Waals surface area (Å²) in [6.45, 7) is 1.96. The molecule has 8 heteroatoms. The van der Waals surface area contributed by atoms with Crippen molar-refractivity contribution in [3.63, 3.8) is 0 Å². The molecule has 3 aromatic rings. The van der Waals surface area contributed by atoms with Gasteiger partial charge < -0.3 is 5.32 Å². The van der Waals surface area contributed by atoms with Crippen LogP contribution >= 0.6 is 12.4 Å². The van der Waals surface area contributed by atoms with E-state index < -0.39 is 0 Å². The van der Waals surface area contributed by atoms with Gasteiger partial charge in [-0.05, 0) is 38.1 Å². The van der Waals surface area contributed by atoms with E-state index in [0.29, 0.717) is 17.6 Å². The maximum Gasteiger partial charge on any atom is 0.276 e. The zero-order valence-electron chi connectivity index (χ0n) is 14.5. The summed E-state index contributed by atoms with van der Waals surface area (Å²) in [5.74, 6) is 1.31. The van der Waals surface area contributed by atoms with Gasteiger partial charge in [0.1, 0.15) is 5.69 Å². The van der Waals surface area contributed by atoms with Gasteiger partial charge in [0.2, 0.25) is 5.95 Å². The molecule has 1 amide bonds. The Bertz CT molecular complexity index is 919. The van der Waals surface area contributed by atoms with Crippen molar-refractivity contribution in [1.29, 1.82) is 0 Å². The molecule has 0 bridgehead atoms. The van der Waals surface area contributed by atoms with E-state index in [2.05, 4.69) is 25.7 Å². The molecule has 0 atom stereocenters. The number of rotatable bonds is 3. The van der Waals surface area contributed by atoms with Gasteiger partial charge in [0, 0.05) is 18.4 Å². The number of nitrogens with zero attached hydrogens (tertiary/aromatic N) is 4. The van der Waals surface area contributed by atoms with Crippen molar-refractivity contribution >= 4 is 35.2 Å². The third-order valence-corrected chi connectivity index (χ3v) is 4.54. The van der Waals surface area contributed by atoms with Gasteiger partial charge in [-0.2, -0.15) is 10.1 Å². The normalized spacial score (nSPS) is 14.8. The highest BCUT2D eigenvalue weighted by atomic mass is 35.5. The lowest BCUT2D eigenvalue weighted by Crippen LogP contribution is -2.27. The summed E-state index contributed by atoms with van der Waals surface area (Å²) in [5.41, 5.74) is 1.16. The monoisotopic (exact) mass is 372 g/mol. The zero-order chi connectivity index (χ0) is 17.2. The van der Waals surface area contributed by atoms with Gasteiger partial charge in [0.05, 0.1) is 5.52 Å². The first-order chi connectivity index (χ1) is 12.2. The first-order valence-electron chi connectivity index (χ1n) is 8.49. The number of aromatic nitrogens is 4. The Balaban J connectivity index is 0.00000196. The van der Waals surface area contributed by atoms with E-state index in [4.69, 9.17) is 0 Å². The number of carbonyl (C=O) groups excluding carboxylic acids is 1. The van der Waals surface area contributed by atoms with Crippen LogP contribution in [0.4, 0.5) is 5.95 Å². The van der Waals surface area contributed by atoms with Crippen LogP contribution in [-0.2, 0) is 7.05 Å². The summed E-state index contributed by atoms with van der Waals surface area (Å²) in [6.07, 6.45) is 2.03. The van der Waals surface area contributed by atoms with E-state index in [0.717, 1.165) is 42.7 Å². The molecule has 1 saturated heterocycles. The van der Waals surface area contributed by atoms with Crippen molar-refractivity contribution in [3.8, 4) is 0 Å². The predicted octanol–water partition coefficient (Wildman–Crippen LogP) is 2.50. The summed E-state index contributed by atoms with van der Waals surface area (Å²) >= 11 is 0. The Morgan fingerprint density at radius 3 is 2.73 bits per heavy atom. The smallest absolute Gasteiger partial charge is 0.276 e. The number of benzene rings is 1. The van der Waals surface area contributed by atoms with Gasteiger partial charge in [-0.3, -0.25) is 10.1 Å². The average molecular weight is 373 g/mol. The molecule has 0 unspecified atom stereocenters. The summed E-state index contributed by atoms with van der Waals surface area (Å²) in [4.78, 5) is 21.5. The van der Waals surface area contributed by atoms with Crippen LogP contribution < -0.4 is 10.6 Å². The van der Waals surface area contributed by atoms with E-state index in [1.54, 1.807) is 17.8 Å². The number of hydrogen-bond acceptors (Lipinski definition) is 5. The molecule has 1 aromatic carbocycles. The lowest BCUT2D eigenvalue weighted by molar-refractivity contribution is 0.102. The molecule has 1 aliphatic heterocycles. The first kappa shape index (κ1) is 18.3. The fraction of sp³-hybridized carbons (Fsp3) is 0.333. The zero-order valence-corrected chi connectivity index (χ0v) is 15.3. The number of nitrogens with one attached hydrogen (secondary N) is 2. The van der Waals surface area contributed by atoms with Crippen LogP contribution in [0.1, 0.15) is 35.1 Å². The van der Waals surface area contributed by atoms with E-state index in [1.807, 2.05) is 30.3 Å². The molecule has 26 heavy (non-hydrogen) atoms. The van der Waals surface area contributed by atoms with Crippen LogP contribution in [-0.4, -0.2) is 38.7 Å². The van der Waals surface area contributed by atoms with Crippen LogP contribution in [0.25, 0.3) is 10.9 Å². The molecule has 2 N–H and O–H groups in total. The highest BCUT2D eigenvalue weighted by molar-refractivity contribution is 6.03. The number of fused-ring (bicyclic) bond motifs is 1.